The van der Waals surface area contributed by atoms with Gasteiger partial charge < -0.3 is 10.3 Å². The lowest BCUT2D eigenvalue weighted by molar-refractivity contribution is -0.164. The van der Waals surface area contributed by atoms with Crippen LogP contribution in [-0.2, 0) is 11.4 Å². The molecule has 3 aromatic carbocycles. The molecule has 2 N–H and O–H groups in total. The van der Waals surface area contributed by atoms with Crippen molar-refractivity contribution in [3.8, 4) is 11.1 Å². The minimum atomic E-state index is -0.323. The lowest BCUT2D eigenvalue weighted by Gasteiger charge is -2.21. The number of benzene rings is 3. The van der Waals surface area contributed by atoms with Crippen LogP contribution in [0.4, 0.5) is 4.39 Å². The molecule has 1 aliphatic carbocycles. The van der Waals surface area contributed by atoms with Gasteiger partial charge in [-0.1, -0.05) is 60.7 Å². The van der Waals surface area contributed by atoms with E-state index in [4.69, 9.17) is 4.84 Å². The number of hydrogen-bond acceptors (Lipinski definition) is 3. The zero-order chi connectivity index (χ0) is 23.8. The van der Waals surface area contributed by atoms with Gasteiger partial charge in [0.15, 0.2) is 0 Å². The maximum absolute atomic E-state index is 14.1. The smallest absolute Gasteiger partial charge is 0.268 e. The lowest BCUT2D eigenvalue weighted by atomic mass is 10.0. The van der Waals surface area contributed by atoms with E-state index >= 15 is 0 Å². The van der Waals surface area contributed by atoms with Crippen LogP contribution in [0.25, 0.3) is 22.0 Å². The normalized spacial score (nSPS) is 21.9. The van der Waals surface area contributed by atoms with E-state index in [1.54, 1.807) is 6.07 Å². The van der Waals surface area contributed by atoms with Crippen molar-refractivity contribution in [2.24, 2.45) is 11.8 Å². The van der Waals surface area contributed by atoms with Crippen LogP contribution in [0, 0.1) is 17.7 Å². The quantitative estimate of drug-likeness (QED) is 0.390. The molecule has 0 spiro atoms. The Morgan fingerprint density at radius 1 is 1.03 bits per heavy atom. The molecule has 3 atom stereocenters. The molecule has 1 saturated heterocycles. The zero-order valence-electron chi connectivity index (χ0n) is 19.4. The Kier molecular flexibility index (Phi) is 5.84. The van der Waals surface area contributed by atoms with E-state index in [1.165, 1.54) is 17.7 Å². The van der Waals surface area contributed by atoms with Crippen molar-refractivity contribution in [3.63, 3.8) is 0 Å². The fraction of sp³-hybridized carbons (Fsp3) is 0.276. The summed E-state index contributed by atoms with van der Waals surface area (Å²) in [5.41, 5.74) is 4.05. The third kappa shape index (κ3) is 4.35. The van der Waals surface area contributed by atoms with Crippen molar-refractivity contribution in [3.05, 3.63) is 95.9 Å². The average molecular weight is 470 g/mol. The fourth-order valence-electron chi connectivity index (χ4n) is 5.64. The Morgan fingerprint density at radius 2 is 1.80 bits per heavy atom. The van der Waals surface area contributed by atoms with E-state index in [2.05, 4.69) is 27.5 Å². The second kappa shape index (κ2) is 9.29. The number of H-pyrrole nitrogens is 1. The molecule has 4 aromatic rings. The summed E-state index contributed by atoms with van der Waals surface area (Å²) in [6.45, 7) is 2.26. The first-order valence-electron chi connectivity index (χ1n) is 12.3. The summed E-state index contributed by atoms with van der Waals surface area (Å²) in [6, 6.07) is 24.6. The first kappa shape index (κ1) is 22.0. The molecule has 0 bridgehead atoms. The van der Waals surface area contributed by atoms with E-state index in [0.29, 0.717) is 23.5 Å². The minimum Gasteiger partial charge on any atom is -0.350 e. The van der Waals surface area contributed by atoms with Crippen molar-refractivity contribution in [2.75, 3.05) is 13.1 Å². The molecule has 0 radical (unpaired) electrons. The van der Waals surface area contributed by atoms with Crippen molar-refractivity contribution in [1.82, 2.24) is 15.4 Å². The highest BCUT2D eigenvalue weighted by Crippen LogP contribution is 2.40. The highest BCUT2D eigenvalue weighted by molar-refractivity contribution is 6.09. The number of aromatic amines is 1. The molecule has 2 heterocycles. The highest BCUT2D eigenvalue weighted by atomic mass is 19.1. The molecule has 35 heavy (non-hydrogen) atoms. The van der Waals surface area contributed by atoms with Crippen LogP contribution in [0.2, 0.25) is 0 Å². The van der Waals surface area contributed by atoms with Crippen LogP contribution >= 0.6 is 0 Å². The number of nitrogens with one attached hydrogen (secondary N) is 2. The Labute approximate surface area is 203 Å². The molecular formula is C29H28FN3O2. The number of nitrogens with zero attached hydrogens (tertiary/aromatic N) is 1. The third-order valence-corrected chi connectivity index (χ3v) is 7.32. The predicted octanol–water partition coefficient (Wildman–Crippen LogP) is 5.55. The summed E-state index contributed by atoms with van der Waals surface area (Å²) >= 11 is 0. The molecule has 1 saturated carbocycles. The van der Waals surface area contributed by atoms with Crippen molar-refractivity contribution >= 4 is 16.8 Å². The van der Waals surface area contributed by atoms with Gasteiger partial charge in [0.25, 0.3) is 5.91 Å². The van der Waals surface area contributed by atoms with Crippen LogP contribution in [0.3, 0.4) is 0 Å². The van der Waals surface area contributed by atoms with Crippen molar-refractivity contribution < 1.29 is 14.0 Å². The average Bonchev–Trinajstić information content (AvgIpc) is 3.56. The topological polar surface area (TPSA) is 57.4 Å². The van der Waals surface area contributed by atoms with Gasteiger partial charge in [0.2, 0.25) is 0 Å². The molecule has 1 aromatic heterocycles. The molecule has 0 unspecified atom stereocenters. The summed E-state index contributed by atoms with van der Waals surface area (Å²) in [5.74, 6) is 0.266. The van der Waals surface area contributed by atoms with E-state index in [1.807, 2.05) is 48.5 Å². The first-order valence-corrected chi connectivity index (χ1v) is 12.3. The largest absolute Gasteiger partial charge is 0.350 e. The number of hydrogen-bond donors (Lipinski definition) is 2. The maximum atomic E-state index is 14.1. The van der Waals surface area contributed by atoms with Gasteiger partial charge >= 0.3 is 0 Å². The summed E-state index contributed by atoms with van der Waals surface area (Å²) < 4.78 is 14.1. The minimum absolute atomic E-state index is 0.129. The van der Waals surface area contributed by atoms with Gasteiger partial charge in [-0.3, -0.25) is 9.63 Å². The van der Waals surface area contributed by atoms with Crippen molar-refractivity contribution in [2.45, 2.75) is 25.5 Å². The van der Waals surface area contributed by atoms with Gasteiger partial charge in [-0.25, -0.2) is 4.39 Å². The van der Waals surface area contributed by atoms with Crippen LogP contribution in [0.1, 0.15) is 28.9 Å². The summed E-state index contributed by atoms with van der Waals surface area (Å²) in [5, 5.41) is 5.92. The number of fused-ring (bicyclic) bond motifs is 2. The van der Waals surface area contributed by atoms with E-state index in [-0.39, 0.29) is 23.7 Å². The second-order valence-electron chi connectivity index (χ2n) is 9.62. The van der Waals surface area contributed by atoms with Gasteiger partial charge in [0.05, 0.1) is 6.10 Å². The summed E-state index contributed by atoms with van der Waals surface area (Å²) in [7, 11) is 0. The van der Waals surface area contributed by atoms with Gasteiger partial charge in [-0.2, -0.15) is 5.06 Å². The highest BCUT2D eigenvalue weighted by Gasteiger charge is 2.44. The second-order valence-corrected chi connectivity index (χ2v) is 9.62. The van der Waals surface area contributed by atoms with Gasteiger partial charge in [0.1, 0.15) is 11.5 Å². The molecule has 6 rings (SSSR count). The molecule has 1 amide bonds. The number of hydroxylamine groups is 2. The molecular weight excluding hydrogens is 441 g/mol. The molecule has 2 fully saturated rings. The number of carbonyl (C=O) groups is 1. The molecule has 5 nitrogen and oxygen atoms in total. The van der Waals surface area contributed by atoms with E-state index in [0.717, 1.165) is 42.6 Å². The van der Waals surface area contributed by atoms with Gasteiger partial charge in [0, 0.05) is 47.9 Å². The number of aromatic nitrogens is 1. The lowest BCUT2D eigenvalue weighted by Crippen LogP contribution is -2.34. The molecule has 178 valence electrons. The number of halogens is 1. The van der Waals surface area contributed by atoms with Crippen molar-refractivity contribution in [1.29, 1.82) is 0 Å². The Bertz CT molecular complexity index is 1340. The summed E-state index contributed by atoms with van der Waals surface area (Å²) in [6.07, 6.45) is 2.28. The van der Waals surface area contributed by atoms with Crippen LogP contribution in [-0.4, -0.2) is 35.1 Å². The molecule has 2 aliphatic rings. The first-order chi connectivity index (χ1) is 17.2. The number of rotatable bonds is 6. The van der Waals surface area contributed by atoms with Crippen LogP contribution < -0.4 is 5.32 Å². The standard InChI is InChI=1S/C29H28FN3O2/c30-23-13-14-25-24(15-23)26(20-9-5-2-6-10-20)27(32-25)29(34)31-16-21-11-12-22-18-33(35-28(21)22)17-19-7-3-1-4-8-19/h1-10,13-15,21-22,28,32H,11-12,16-18H2,(H,31,34)/t21-,22-,28-/m1/s1. The monoisotopic (exact) mass is 469 g/mol. The van der Waals surface area contributed by atoms with E-state index < -0.39 is 0 Å². The van der Waals surface area contributed by atoms with Gasteiger partial charge in [-0.05, 0) is 42.2 Å². The Morgan fingerprint density at radius 3 is 2.60 bits per heavy atom. The Hall–Kier alpha value is -3.48. The van der Waals surface area contributed by atoms with Gasteiger partial charge in [-0.15, -0.1) is 0 Å². The third-order valence-electron chi connectivity index (χ3n) is 7.32. The number of amides is 1. The van der Waals surface area contributed by atoms with Crippen LogP contribution in [0.15, 0.2) is 78.9 Å². The predicted molar refractivity (Wildman–Crippen MR) is 134 cm³/mol. The molecule has 1 aliphatic heterocycles. The SMILES string of the molecule is O=C(NC[C@H]1CC[C@@H]2CN(Cc3ccccc3)O[C@H]12)c1[nH]c2ccc(F)cc2c1-c1ccccc1. The Balaban J connectivity index is 1.17. The summed E-state index contributed by atoms with van der Waals surface area (Å²) in [4.78, 5) is 22.9. The molecule has 6 heteroatoms. The maximum Gasteiger partial charge on any atom is 0.268 e. The van der Waals surface area contributed by atoms with Crippen LogP contribution in [0.5, 0.6) is 0 Å². The zero-order valence-corrected chi connectivity index (χ0v) is 19.4. The number of carbonyl (C=O) groups excluding carboxylic acids is 1. The fourth-order valence-corrected chi connectivity index (χ4v) is 5.64. The van der Waals surface area contributed by atoms with E-state index in [9.17, 15) is 9.18 Å².